The van der Waals surface area contributed by atoms with Crippen molar-refractivity contribution in [3.8, 4) is 0 Å². The number of aryl methyl sites for hydroxylation is 2. The Bertz CT molecular complexity index is 632. The topological polar surface area (TPSA) is 47.0 Å². The lowest BCUT2D eigenvalue weighted by molar-refractivity contribution is 0.0497. The van der Waals surface area contributed by atoms with Gasteiger partial charge in [0.05, 0.1) is 5.39 Å². The van der Waals surface area contributed by atoms with Gasteiger partial charge < -0.3 is 10.1 Å². The van der Waals surface area contributed by atoms with Crippen LogP contribution in [0, 0.1) is 0 Å². The minimum absolute atomic E-state index is 0.00782. The molecule has 0 amide bonds. The quantitative estimate of drug-likeness (QED) is 0.873. The maximum absolute atomic E-state index is 5.85. The molecule has 1 N–H and O–H groups in total. The van der Waals surface area contributed by atoms with Crippen molar-refractivity contribution in [3.63, 3.8) is 0 Å². The van der Waals surface area contributed by atoms with Gasteiger partial charge >= 0.3 is 0 Å². The number of nitrogens with one attached hydrogen (secondary N) is 1. The lowest BCUT2D eigenvalue weighted by Gasteiger charge is -2.16. The first-order chi connectivity index (χ1) is 10.3. The zero-order chi connectivity index (χ0) is 14.8. The molecular formula is C16H23N3OS. The summed E-state index contributed by atoms with van der Waals surface area (Å²) in [6.45, 7) is 4.89. The Morgan fingerprint density at radius 3 is 2.86 bits per heavy atom. The molecule has 1 atom stereocenters. The molecule has 2 heterocycles. The maximum atomic E-state index is 5.85. The second kappa shape index (κ2) is 6.28. The van der Waals surface area contributed by atoms with Gasteiger partial charge in [-0.1, -0.05) is 13.3 Å². The molecular weight excluding hydrogens is 282 g/mol. The van der Waals surface area contributed by atoms with Crippen molar-refractivity contribution in [2.75, 3.05) is 19.0 Å². The number of rotatable bonds is 6. The summed E-state index contributed by atoms with van der Waals surface area (Å²) in [6.07, 6.45) is 5.66. The molecule has 1 unspecified atom stereocenters. The lowest BCUT2D eigenvalue weighted by Crippen LogP contribution is -2.10. The van der Waals surface area contributed by atoms with Gasteiger partial charge in [0.25, 0.3) is 0 Å². The van der Waals surface area contributed by atoms with Crippen LogP contribution >= 0.6 is 11.3 Å². The van der Waals surface area contributed by atoms with Crippen LogP contribution < -0.4 is 5.32 Å². The van der Waals surface area contributed by atoms with E-state index in [-0.39, 0.29) is 6.10 Å². The van der Waals surface area contributed by atoms with Crippen LogP contribution in [0.2, 0.25) is 0 Å². The summed E-state index contributed by atoms with van der Waals surface area (Å²) in [5.41, 5.74) is 1.47. The van der Waals surface area contributed by atoms with E-state index in [4.69, 9.17) is 14.7 Å². The van der Waals surface area contributed by atoms with E-state index >= 15 is 0 Å². The van der Waals surface area contributed by atoms with Gasteiger partial charge in [-0.2, -0.15) is 0 Å². The van der Waals surface area contributed by atoms with Crippen LogP contribution in [0.3, 0.4) is 0 Å². The number of fused-ring (bicyclic) bond motifs is 3. The number of ether oxygens (including phenoxy) is 1. The van der Waals surface area contributed by atoms with Crippen LogP contribution in [0.15, 0.2) is 0 Å². The average Bonchev–Trinajstić information content (AvgIpc) is 3.06. The molecule has 2 aromatic rings. The summed E-state index contributed by atoms with van der Waals surface area (Å²) in [4.78, 5) is 12.2. The number of thiophene rings is 1. The van der Waals surface area contributed by atoms with E-state index in [9.17, 15) is 0 Å². The van der Waals surface area contributed by atoms with Crippen LogP contribution in [0.5, 0.6) is 0 Å². The largest absolute Gasteiger partial charge is 0.372 e. The van der Waals surface area contributed by atoms with Crippen molar-refractivity contribution in [1.82, 2.24) is 9.97 Å². The summed E-state index contributed by atoms with van der Waals surface area (Å²) < 4.78 is 5.85. The lowest BCUT2D eigenvalue weighted by atomic mass is 10.1. The number of anilines is 1. The molecule has 4 nitrogen and oxygen atoms in total. The molecule has 0 aromatic carbocycles. The summed E-state index contributed by atoms with van der Waals surface area (Å²) >= 11 is 1.84. The minimum Gasteiger partial charge on any atom is -0.372 e. The van der Waals surface area contributed by atoms with Crippen molar-refractivity contribution < 1.29 is 4.74 Å². The predicted molar refractivity (Wildman–Crippen MR) is 88.3 cm³/mol. The average molecular weight is 305 g/mol. The Hall–Kier alpha value is -1.20. The van der Waals surface area contributed by atoms with Gasteiger partial charge in [0.15, 0.2) is 5.82 Å². The molecule has 0 aliphatic heterocycles. The zero-order valence-corrected chi connectivity index (χ0v) is 13.8. The number of nitrogens with zero attached hydrogens (tertiary/aromatic N) is 2. The molecule has 0 radical (unpaired) electrons. The highest BCUT2D eigenvalue weighted by atomic mass is 32.1. The van der Waals surface area contributed by atoms with Crippen molar-refractivity contribution in [2.24, 2.45) is 0 Å². The first kappa shape index (κ1) is 14.7. The molecule has 1 aliphatic carbocycles. The third kappa shape index (κ3) is 2.64. The molecule has 1 aliphatic rings. The van der Waals surface area contributed by atoms with Crippen molar-refractivity contribution in [3.05, 3.63) is 16.3 Å². The highest BCUT2D eigenvalue weighted by Gasteiger charge is 2.24. The van der Waals surface area contributed by atoms with Crippen molar-refractivity contribution in [2.45, 2.75) is 52.1 Å². The van der Waals surface area contributed by atoms with Crippen LogP contribution in [0.25, 0.3) is 10.2 Å². The smallest absolute Gasteiger partial charge is 0.161 e. The highest BCUT2D eigenvalue weighted by molar-refractivity contribution is 7.19. The standard InChI is InChI=1S/C16H23N3OS/c1-4-7-11(20-5-2)14-18-15(17-3)13-10-8-6-9-12(10)21-16(13)19-14/h11H,4-9H2,1-3H3,(H,17,18,19). The Labute approximate surface area is 129 Å². The Morgan fingerprint density at radius 1 is 1.29 bits per heavy atom. The van der Waals surface area contributed by atoms with Crippen LogP contribution in [0.1, 0.15) is 55.5 Å². The van der Waals surface area contributed by atoms with Crippen LogP contribution in [0.4, 0.5) is 5.82 Å². The van der Waals surface area contributed by atoms with Gasteiger partial charge in [-0.3, -0.25) is 0 Å². The SMILES string of the molecule is CCCC(OCC)c1nc(NC)c2c3c(sc2n1)CCC3. The summed E-state index contributed by atoms with van der Waals surface area (Å²) in [5.74, 6) is 1.80. The maximum Gasteiger partial charge on any atom is 0.161 e. The minimum atomic E-state index is 0.00782. The molecule has 0 spiro atoms. The first-order valence-corrected chi connectivity index (χ1v) is 8.71. The normalized spacial score (nSPS) is 15.4. The molecule has 21 heavy (non-hydrogen) atoms. The van der Waals surface area contributed by atoms with E-state index in [1.54, 1.807) is 0 Å². The van der Waals surface area contributed by atoms with E-state index in [1.165, 1.54) is 28.7 Å². The Kier molecular flexibility index (Phi) is 4.40. The predicted octanol–water partition coefficient (Wildman–Crippen LogP) is 4.10. The van der Waals surface area contributed by atoms with Crippen LogP contribution in [-0.4, -0.2) is 23.6 Å². The fourth-order valence-corrected chi connectivity index (χ4v) is 4.36. The van der Waals surface area contributed by atoms with E-state index in [0.717, 1.165) is 35.7 Å². The van der Waals surface area contributed by atoms with Crippen LogP contribution in [-0.2, 0) is 17.6 Å². The fourth-order valence-electron chi connectivity index (χ4n) is 3.09. The van der Waals surface area contributed by atoms with E-state index in [1.807, 2.05) is 25.3 Å². The summed E-state index contributed by atoms with van der Waals surface area (Å²) in [7, 11) is 1.94. The molecule has 0 saturated heterocycles. The van der Waals surface area contributed by atoms with Gasteiger partial charge in [-0.25, -0.2) is 9.97 Å². The molecule has 0 bridgehead atoms. The van der Waals surface area contributed by atoms with Gasteiger partial charge in [0.1, 0.15) is 16.8 Å². The van der Waals surface area contributed by atoms with E-state index < -0.39 is 0 Å². The van der Waals surface area contributed by atoms with Gasteiger partial charge in [0, 0.05) is 18.5 Å². The molecule has 5 heteroatoms. The van der Waals surface area contributed by atoms with Crippen molar-refractivity contribution >= 4 is 27.4 Å². The number of aromatic nitrogens is 2. The molecule has 114 valence electrons. The Balaban J connectivity index is 2.09. The van der Waals surface area contributed by atoms with Crippen molar-refractivity contribution in [1.29, 1.82) is 0 Å². The zero-order valence-electron chi connectivity index (χ0n) is 13.0. The monoisotopic (exact) mass is 305 g/mol. The van der Waals surface area contributed by atoms with E-state index in [2.05, 4.69) is 12.2 Å². The number of hydrogen-bond donors (Lipinski definition) is 1. The highest BCUT2D eigenvalue weighted by Crippen LogP contribution is 2.40. The second-order valence-electron chi connectivity index (χ2n) is 5.45. The molecule has 2 aromatic heterocycles. The summed E-state index contributed by atoms with van der Waals surface area (Å²) in [6, 6.07) is 0. The first-order valence-electron chi connectivity index (χ1n) is 7.90. The third-order valence-electron chi connectivity index (χ3n) is 4.03. The molecule has 0 fully saturated rings. The molecule has 3 rings (SSSR count). The van der Waals surface area contributed by atoms with Gasteiger partial charge in [0.2, 0.25) is 0 Å². The second-order valence-corrected chi connectivity index (χ2v) is 6.53. The summed E-state index contributed by atoms with van der Waals surface area (Å²) in [5, 5.41) is 4.51. The van der Waals surface area contributed by atoms with Gasteiger partial charge in [-0.05, 0) is 38.2 Å². The fraction of sp³-hybridized carbons (Fsp3) is 0.625. The number of hydrogen-bond acceptors (Lipinski definition) is 5. The molecule has 0 saturated carbocycles. The van der Waals surface area contributed by atoms with Gasteiger partial charge in [-0.15, -0.1) is 11.3 Å². The third-order valence-corrected chi connectivity index (χ3v) is 5.21. The Morgan fingerprint density at radius 2 is 2.14 bits per heavy atom. The van der Waals surface area contributed by atoms with E-state index in [0.29, 0.717) is 6.61 Å².